The van der Waals surface area contributed by atoms with Gasteiger partial charge in [-0.25, -0.2) is 4.39 Å². The second-order valence-electron chi connectivity index (χ2n) is 10.2. The second kappa shape index (κ2) is 6.86. The van der Waals surface area contributed by atoms with E-state index < -0.39 is 0 Å². The number of halogens is 1. The number of nitrogens with one attached hydrogen (secondary N) is 1. The molecule has 1 saturated carbocycles. The molecule has 0 atom stereocenters. The van der Waals surface area contributed by atoms with Crippen molar-refractivity contribution in [3.63, 3.8) is 0 Å². The number of benzene rings is 2. The first-order valence-electron chi connectivity index (χ1n) is 10.5. The van der Waals surface area contributed by atoms with Crippen molar-refractivity contribution < 1.29 is 9.18 Å². The Morgan fingerprint density at radius 3 is 2.38 bits per heavy atom. The molecule has 0 bridgehead atoms. The van der Waals surface area contributed by atoms with Crippen LogP contribution in [0.15, 0.2) is 30.3 Å². The van der Waals surface area contributed by atoms with Crippen LogP contribution in [0, 0.1) is 25.1 Å². The maximum atomic E-state index is 13.8. The van der Waals surface area contributed by atoms with Crippen molar-refractivity contribution in [3.05, 3.63) is 58.4 Å². The maximum absolute atomic E-state index is 13.8. The van der Waals surface area contributed by atoms with E-state index in [1.54, 1.807) is 12.1 Å². The summed E-state index contributed by atoms with van der Waals surface area (Å²) in [6, 6.07) is 9.60. The van der Waals surface area contributed by atoms with Gasteiger partial charge >= 0.3 is 0 Å². The van der Waals surface area contributed by atoms with E-state index in [1.165, 1.54) is 16.8 Å². The lowest BCUT2D eigenvalue weighted by molar-refractivity contribution is -0.117. The highest BCUT2D eigenvalue weighted by Crippen LogP contribution is 2.53. The molecule has 0 saturated heterocycles. The van der Waals surface area contributed by atoms with Gasteiger partial charge in [0.05, 0.1) is 0 Å². The molecule has 1 aliphatic heterocycles. The van der Waals surface area contributed by atoms with Crippen LogP contribution < -0.4 is 10.2 Å². The summed E-state index contributed by atoms with van der Waals surface area (Å²) in [5.41, 5.74) is 6.76. The summed E-state index contributed by atoms with van der Waals surface area (Å²) in [5, 5.41) is 3.12. The lowest BCUT2D eigenvalue weighted by Crippen LogP contribution is -2.38. The van der Waals surface area contributed by atoms with Gasteiger partial charge in [0, 0.05) is 36.3 Å². The summed E-state index contributed by atoms with van der Waals surface area (Å²) in [7, 11) is 0. The Balaban J connectivity index is 1.59. The molecule has 1 heterocycles. The molecule has 154 valence electrons. The first-order chi connectivity index (χ1) is 13.6. The van der Waals surface area contributed by atoms with Gasteiger partial charge in [-0.2, -0.15) is 0 Å². The van der Waals surface area contributed by atoms with Gasteiger partial charge in [-0.3, -0.25) is 4.79 Å². The van der Waals surface area contributed by atoms with Crippen LogP contribution in [-0.2, 0) is 16.8 Å². The highest BCUT2D eigenvalue weighted by molar-refractivity contribution is 5.93. The van der Waals surface area contributed by atoms with Gasteiger partial charge in [0.2, 0.25) is 5.91 Å². The van der Waals surface area contributed by atoms with E-state index in [4.69, 9.17) is 0 Å². The SMILES string of the molecule is Cc1cc(N2Cc3ccc(F)cc3C3(CC3)C2)cc(C)c1NC(=O)CC(C)(C)C. The number of aryl methyl sites for hydroxylation is 2. The van der Waals surface area contributed by atoms with Crippen molar-refractivity contribution in [1.29, 1.82) is 0 Å². The maximum Gasteiger partial charge on any atom is 0.224 e. The van der Waals surface area contributed by atoms with Crippen molar-refractivity contribution >= 4 is 17.3 Å². The third-order valence-electron chi connectivity index (χ3n) is 6.19. The van der Waals surface area contributed by atoms with Gasteiger partial charge in [0.25, 0.3) is 0 Å². The number of carbonyl (C=O) groups excluding carboxylic acids is 1. The van der Waals surface area contributed by atoms with E-state index in [1.807, 2.05) is 6.07 Å². The summed E-state index contributed by atoms with van der Waals surface area (Å²) in [5.74, 6) is -0.0761. The van der Waals surface area contributed by atoms with Crippen molar-refractivity contribution in [2.24, 2.45) is 5.41 Å². The fourth-order valence-corrected chi connectivity index (χ4v) is 4.64. The molecule has 2 aromatic carbocycles. The van der Waals surface area contributed by atoms with Gasteiger partial charge in [-0.05, 0) is 78.6 Å². The number of fused-ring (bicyclic) bond motifs is 2. The van der Waals surface area contributed by atoms with Gasteiger partial charge in [0.1, 0.15) is 5.82 Å². The Morgan fingerprint density at radius 1 is 1.14 bits per heavy atom. The largest absolute Gasteiger partial charge is 0.366 e. The molecule has 4 rings (SSSR count). The molecule has 0 radical (unpaired) electrons. The quantitative estimate of drug-likeness (QED) is 0.706. The Morgan fingerprint density at radius 2 is 1.79 bits per heavy atom. The monoisotopic (exact) mass is 394 g/mol. The molecule has 1 fully saturated rings. The Bertz CT molecular complexity index is 946. The topological polar surface area (TPSA) is 32.3 Å². The average molecular weight is 395 g/mol. The summed E-state index contributed by atoms with van der Waals surface area (Å²) < 4.78 is 13.8. The summed E-state index contributed by atoms with van der Waals surface area (Å²) in [4.78, 5) is 14.8. The number of anilines is 2. The van der Waals surface area contributed by atoms with Crippen LogP contribution in [0.3, 0.4) is 0 Å². The summed E-state index contributed by atoms with van der Waals surface area (Å²) >= 11 is 0. The molecule has 0 aromatic heterocycles. The van der Waals surface area contributed by atoms with Crippen LogP contribution in [0.5, 0.6) is 0 Å². The van der Waals surface area contributed by atoms with E-state index in [0.29, 0.717) is 6.42 Å². The molecule has 29 heavy (non-hydrogen) atoms. The smallest absolute Gasteiger partial charge is 0.224 e. The molecular formula is C25H31FN2O. The minimum absolute atomic E-state index is 0.0366. The van der Waals surface area contributed by atoms with Crippen LogP contribution in [0.2, 0.25) is 0 Å². The Labute approximate surface area is 173 Å². The average Bonchev–Trinajstić information content (AvgIpc) is 3.37. The first kappa shape index (κ1) is 19.9. The Hall–Kier alpha value is -2.36. The third-order valence-corrected chi connectivity index (χ3v) is 6.19. The lowest BCUT2D eigenvalue weighted by Gasteiger charge is -2.37. The normalized spacial score (nSPS) is 17.2. The molecule has 2 aromatic rings. The number of hydrogen-bond donors (Lipinski definition) is 1. The zero-order valence-electron chi connectivity index (χ0n) is 18.2. The predicted octanol–water partition coefficient (Wildman–Crippen LogP) is 5.87. The van der Waals surface area contributed by atoms with E-state index in [9.17, 15) is 9.18 Å². The van der Waals surface area contributed by atoms with Gasteiger partial charge in [0.15, 0.2) is 0 Å². The minimum atomic E-state index is -0.134. The predicted molar refractivity (Wildman–Crippen MR) is 117 cm³/mol. The van der Waals surface area contributed by atoms with E-state index in [0.717, 1.165) is 42.7 Å². The fourth-order valence-electron chi connectivity index (χ4n) is 4.64. The second-order valence-corrected chi connectivity index (χ2v) is 10.2. The first-order valence-corrected chi connectivity index (χ1v) is 10.5. The molecular weight excluding hydrogens is 363 g/mol. The van der Waals surface area contributed by atoms with Gasteiger partial charge in [-0.1, -0.05) is 26.8 Å². The number of rotatable bonds is 3. The molecule has 4 heteroatoms. The van der Waals surface area contributed by atoms with E-state index in [-0.39, 0.29) is 22.6 Å². The molecule has 1 aliphatic carbocycles. The summed E-state index contributed by atoms with van der Waals surface area (Å²) in [6.07, 6.45) is 2.74. The van der Waals surface area contributed by atoms with Crippen LogP contribution >= 0.6 is 0 Å². The standard InChI is InChI=1S/C25H31FN2O/c1-16-10-20(11-17(2)23(16)27-22(29)13-24(3,4)5)28-14-18-6-7-19(26)12-21(18)25(15-28)8-9-25/h6-7,10-12H,8-9,13-15H2,1-5H3,(H,27,29). The number of amides is 1. The number of carbonyl (C=O) groups is 1. The van der Waals surface area contributed by atoms with Crippen molar-refractivity contribution in [3.8, 4) is 0 Å². The lowest BCUT2D eigenvalue weighted by atomic mass is 9.86. The van der Waals surface area contributed by atoms with Crippen molar-refractivity contribution in [1.82, 2.24) is 0 Å². The minimum Gasteiger partial charge on any atom is -0.366 e. The van der Waals surface area contributed by atoms with E-state index >= 15 is 0 Å². The highest BCUT2D eigenvalue weighted by atomic mass is 19.1. The van der Waals surface area contributed by atoms with Crippen LogP contribution in [0.4, 0.5) is 15.8 Å². The van der Waals surface area contributed by atoms with Gasteiger partial charge in [-0.15, -0.1) is 0 Å². The Kier molecular flexibility index (Phi) is 4.71. The molecule has 1 spiro atoms. The molecule has 0 unspecified atom stereocenters. The molecule has 3 nitrogen and oxygen atoms in total. The third kappa shape index (κ3) is 4.03. The van der Waals surface area contributed by atoms with Crippen LogP contribution in [0.25, 0.3) is 0 Å². The number of nitrogens with zero attached hydrogens (tertiary/aromatic N) is 1. The van der Waals surface area contributed by atoms with Crippen molar-refractivity contribution in [2.75, 3.05) is 16.8 Å². The van der Waals surface area contributed by atoms with Crippen LogP contribution in [0.1, 0.15) is 62.3 Å². The van der Waals surface area contributed by atoms with E-state index in [2.05, 4.69) is 57.0 Å². The molecule has 1 amide bonds. The number of hydrogen-bond acceptors (Lipinski definition) is 2. The fraction of sp³-hybridized carbons (Fsp3) is 0.480. The molecule has 1 N–H and O–H groups in total. The zero-order valence-corrected chi connectivity index (χ0v) is 18.2. The van der Waals surface area contributed by atoms with Gasteiger partial charge < -0.3 is 10.2 Å². The zero-order chi connectivity index (χ0) is 21.0. The van der Waals surface area contributed by atoms with Crippen LogP contribution in [-0.4, -0.2) is 12.5 Å². The molecule has 2 aliphatic rings. The summed E-state index contributed by atoms with van der Waals surface area (Å²) in [6.45, 7) is 12.1. The van der Waals surface area contributed by atoms with Crippen molar-refractivity contribution in [2.45, 2.75) is 65.8 Å². The highest BCUT2D eigenvalue weighted by Gasteiger charge is 2.49.